The summed E-state index contributed by atoms with van der Waals surface area (Å²) in [6.07, 6.45) is 4.35. The molecule has 0 bridgehead atoms. The zero-order chi connectivity index (χ0) is 19.8. The Balaban J connectivity index is 1.67. The molecule has 2 aromatic rings. The van der Waals surface area contributed by atoms with E-state index in [1.807, 2.05) is 70.6 Å². The van der Waals surface area contributed by atoms with Crippen LogP contribution in [0.1, 0.15) is 53.3 Å². The number of piperazine rings is 1. The molecule has 0 spiro atoms. The van der Waals surface area contributed by atoms with E-state index in [2.05, 4.69) is 12.3 Å². The van der Waals surface area contributed by atoms with Crippen LogP contribution in [-0.2, 0) is 0 Å². The minimum absolute atomic E-state index is 0.0649. The largest absolute Gasteiger partial charge is 0.336 e. The Labute approximate surface area is 167 Å². The molecule has 1 saturated heterocycles. The van der Waals surface area contributed by atoms with Crippen LogP contribution >= 0.6 is 0 Å². The Morgan fingerprint density at radius 2 is 1.57 bits per heavy atom. The number of carbonyl (C=O) groups excluding carboxylic acids is 2. The molecule has 0 radical (unpaired) electrons. The maximum atomic E-state index is 12.8. The van der Waals surface area contributed by atoms with Crippen LogP contribution in [0.5, 0.6) is 0 Å². The minimum atomic E-state index is -0.0936. The summed E-state index contributed by atoms with van der Waals surface area (Å²) >= 11 is 0. The van der Waals surface area contributed by atoms with Crippen LogP contribution in [0, 0.1) is 0 Å². The van der Waals surface area contributed by atoms with E-state index >= 15 is 0 Å². The number of rotatable bonds is 7. The van der Waals surface area contributed by atoms with Crippen LogP contribution < -0.4 is 5.43 Å². The fraction of sp³-hybridized carbons (Fsp3) is 0.391. The average Bonchev–Trinajstić information content (AvgIpc) is 2.75. The molecule has 1 aliphatic rings. The normalized spacial score (nSPS) is 17.3. The first-order valence-corrected chi connectivity index (χ1v) is 10.2. The van der Waals surface area contributed by atoms with Crippen molar-refractivity contribution in [2.45, 2.75) is 38.6 Å². The minimum Gasteiger partial charge on any atom is -0.336 e. The number of unbranched alkanes of at least 4 members (excludes halogenated alkanes) is 2. The Kier molecular flexibility index (Phi) is 7.20. The Morgan fingerprint density at radius 3 is 2.21 bits per heavy atom. The van der Waals surface area contributed by atoms with Gasteiger partial charge in [-0.2, -0.15) is 0 Å². The molecule has 148 valence electrons. The summed E-state index contributed by atoms with van der Waals surface area (Å²) in [5.74, 6) is -0.0287. The second-order valence-corrected chi connectivity index (χ2v) is 7.27. The highest BCUT2D eigenvalue weighted by Crippen LogP contribution is 2.17. The third kappa shape index (κ3) is 5.20. The molecule has 1 unspecified atom stereocenters. The predicted molar refractivity (Wildman–Crippen MR) is 111 cm³/mol. The summed E-state index contributed by atoms with van der Waals surface area (Å²) < 4.78 is 0. The van der Waals surface area contributed by atoms with E-state index in [4.69, 9.17) is 0 Å². The fourth-order valence-corrected chi connectivity index (χ4v) is 3.61. The van der Waals surface area contributed by atoms with Gasteiger partial charge in [-0.3, -0.25) is 15.0 Å². The number of hydrazine groups is 1. The summed E-state index contributed by atoms with van der Waals surface area (Å²) in [5, 5.41) is 2.03. The molecular weight excluding hydrogens is 350 g/mol. The van der Waals surface area contributed by atoms with Crippen molar-refractivity contribution >= 4 is 11.8 Å². The van der Waals surface area contributed by atoms with Crippen molar-refractivity contribution in [3.63, 3.8) is 0 Å². The van der Waals surface area contributed by atoms with Crippen molar-refractivity contribution in [1.82, 2.24) is 15.3 Å². The summed E-state index contributed by atoms with van der Waals surface area (Å²) in [5.41, 5.74) is 4.44. The SMILES string of the molecule is CCCCCC1CN(C(=O)c2ccccc2)CCN1NC(=O)c1ccccc1. The quantitative estimate of drug-likeness (QED) is 0.746. The summed E-state index contributed by atoms with van der Waals surface area (Å²) in [4.78, 5) is 27.4. The first kappa shape index (κ1) is 20.1. The molecule has 1 atom stereocenters. The average molecular weight is 380 g/mol. The van der Waals surface area contributed by atoms with Gasteiger partial charge in [0, 0.05) is 36.8 Å². The molecule has 0 aromatic heterocycles. The maximum Gasteiger partial charge on any atom is 0.265 e. The van der Waals surface area contributed by atoms with E-state index in [9.17, 15) is 9.59 Å². The van der Waals surface area contributed by atoms with Crippen molar-refractivity contribution in [1.29, 1.82) is 0 Å². The molecule has 3 rings (SSSR count). The van der Waals surface area contributed by atoms with Crippen molar-refractivity contribution in [2.24, 2.45) is 0 Å². The van der Waals surface area contributed by atoms with Crippen molar-refractivity contribution in [3.05, 3.63) is 71.8 Å². The molecule has 0 aliphatic carbocycles. The molecule has 5 heteroatoms. The number of amides is 2. The van der Waals surface area contributed by atoms with E-state index in [0.29, 0.717) is 25.2 Å². The third-order valence-corrected chi connectivity index (χ3v) is 5.21. The van der Waals surface area contributed by atoms with Crippen molar-refractivity contribution in [2.75, 3.05) is 19.6 Å². The second-order valence-electron chi connectivity index (χ2n) is 7.27. The summed E-state index contributed by atoms with van der Waals surface area (Å²) in [6, 6.07) is 18.8. The molecule has 1 heterocycles. The lowest BCUT2D eigenvalue weighted by molar-refractivity contribution is 0.0234. The molecule has 5 nitrogen and oxygen atoms in total. The number of hydrogen-bond donors (Lipinski definition) is 1. The van der Waals surface area contributed by atoms with Crippen molar-refractivity contribution in [3.8, 4) is 0 Å². The van der Waals surface area contributed by atoms with E-state index in [1.165, 1.54) is 0 Å². The molecule has 28 heavy (non-hydrogen) atoms. The van der Waals surface area contributed by atoms with Gasteiger partial charge in [0.25, 0.3) is 11.8 Å². The number of hydrogen-bond acceptors (Lipinski definition) is 3. The lowest BCUT2D eigenvalue weighted by Crippen LogP contribution is -2.60. The van der Waals surface area contributed by atoms with Gasteiger partial charge in [0.15, 0.2) is 0 Å². The van der Waals surface area contributed by atoms with E-state index in [0.717, 1.165) is 31.2 Å². The topological polar surface area (TPSA) is 52.7 Å². The highest BCUT2D eigenvalue weighted by Gasteiger charge is 2.30. The smallest absolute Gasteiger partial charge is 0.265 e. The van der Waals surface area contributed by atoms with E-state index in [-0.39, 0.29) is 17.9 Å². The number of benzene rings is 2. The van der Waals surface area contributed by atoms with Gasteiger partial charge in [0.1, 0.15) is 0 Å². The fourth-order valence-electron chi connectivity index (χ4n) is 3.61. The lowest BCUT2D eigenvalue weighted by atomic mass is 10.0. The maximum absolute atomic E-state index is 12.8. The zero-order valence-electron chi connectivity index (χ0n) is 16.5. The molecule has 1 fully saturated rings. The van der Waals surface area contributed by atoms with Crippen LogP contribution in [0.4, 0.5) is 0 Å². The molecule has 1 aliphatic heterocycles. The monoisotopic (exact) mass is 379 g/mol. The van der Waals surface area contributed by atoms with Gasteiger partial charge in [-0.1, -0.05) is 62.6 Å². The Morgan fingerprint density at radius 1 is 0.929 bits per heavy atom. The number of carbonyl (C=O) groups is 2. The van der Waals surface area contributed by atoms with Gasteiger partial charge >= 0.3 is 0 Å². The molecule has 1 N–H and O–H groups in total. The first-order valence-electron chi connectivity index (χ1n) is 10.2. The van der Waals surface area contributed by atoms with E-state index < -0.39 is 0 Å². The first-order chi connectivity index (χ1) is 13.7. The highest BCUT2D eigenvalue weighted by atomic mass is 16.2. The van der Waals surface area contributed by atoms with Gasteiger partial charge in [-0.15, -0.1) is 0 Å². The van der Waals surface area contributed by atoms with Gasteiger partial charge in [-0.05, 0) is 30.7 Å². The van der Waals surface area contributed by atoms with Gasteiger partial charge in [0.05, 0.1) is 0 Å². The number of nitrogens with one attached hydrogen (secondary N) is 1. The highest BCUT2D eigenvalue weighted by molar-refractivity contribution is 5.94. The van der Waals surface area contributed by atoms with Crippen molar-refractivity contribution < 1.29 is 9.59 Å². The van der Waals surface area contributed by atoms with Gasteiger partial charge in [0.2, 0.25) is 0 Å². The number of nitrogens with zero attached hydrogens (tertiary/aromatic N) is 2. The van der Waals surface area contributed by atoms with Crippen LogP contribution in [0.2, 0.25) is 0 Å². The summed E-state index contributed by atoms with van der Waals surface area (Å²) in [6.45, 7) is 4.05. The lowest BCUT2D eigenvalue weighted by Gasteiger charge is -2.41. The summed E-state index contributed by atoms with van der Waals surface area (Å²) in [7, 11) is 0. The Hall–Kier alpha value is -2.66. The Bertz CT molecular complexity index is 764. The molecule has 2 amide bonds. The third-order valence-electron chi connectivity index (χ3n) is 5.21. The van der Waals surface area contributed by atoms with E-state index in [1.54, 1.807) is 0 Å². The van der Waals surface area contributed by atoms with Gasteiger partial charge < -0.3 is 4.90 Å². The van der Waals surface area contributed by atoms with Crippen LogP contribution in [0.25, 0.3) is 0 Å². The van der Waals surface area contributed by atoms with Crippen LogP contribution in [0.15, 0.2) is 60.7 Å². The zero-order valence-corrected chi connectivity index (χ0v) is 16.5. The molecule has 2 aromatic carbocycles. The standard InChI is InChI=1S/C23H29N3O2/c1-2-3-6-15-21-18-25(23(28)20-13-9-5-10-14-20)16-17-26(21)24-22(27)19-11-7-4-8-12-19/h4-5,7-14,21H,2-3,6,15-18H2,1H3,(H,24,27). The second kappa shape index (κ2) is 10.0. The predicted octanol–water partition coefficient (Wildman–Crippen LogP) is 3.74. The molecule has 0 saturated carbocycles. The van der Waals surface area contributed by atoms with Crippen LogP contribution in [0.3, 0.4) is 0 Å². The molecular formula is C23H29N3O2. The van der Waals surface area contributed by atoms with Crippen LogP contribution in [-0.4, -0.2) is 47.4 Å². The van der Waals surface area contributed by atoms with Gasteiger partial charge in [-0.25, -0.2) is 5.01 Å².